The molecule has 0 radical (unpaired) electrons. The van der Waals surface area contributed by atoms with E-state index in [1.54, 1.807) is 29.4 Å². The minimum atomic E-state index is -4.68. The van der Waals surface area contributed by atoms with Gasteiger partial charge in [-0.15, -0.1) is 5.10 Å². The lowest BCUT2D eigenvalue weighted by atomic mass is 10.1. The Bertz CT molecular complexity index is 826. The SMILES string of the molecule is O=C(Nc1n[nH]c(C(F)(F)F)n1)c1cc(-c2ccccc2)on1. The summed E-state index contributed by atoms with van der Waals surface area (Å²) in [5.74, 6) is -2.25. The molecule has 0 bridgehead atoms. The molecule has 0 atom stereocenters. The van der Waals surface area contributed by atoms with Crippen LogP contribution in [0.3, 0.4) is 0 Å². The maximum Gasteiger partial charge on any atom is 0.451 e. The third kappa shape index (κ3) is 3.20. The van der Waals surface area contributed by atoms with Gasteiger partial charge in [0.15, 0.2) is 11.5 Å². The minimum Gasteiger partial charge on any atom is -0.355 e. The van der Waals surface area contributed by atoms with Crippen LogP contribution in [0, 0.1) is 0 Å². The van der Waals surface area contributed by atoms with Crippen molar-refractivity contribution in [1.29, 1.82) is 0 Å². The second-order valence-electron chi connectivity index (χ2n) is 4.40. The molecule has 1 amide bonds. The van der Waals surface area contributed by atoms with Crippen molar-refractivity contribution >= 4 is 11.9 Å². The van der Waals surface area contributed by atoms with E-state index in [-0.39, 0.29) is 5.69 Å². The highest BCUT2D eigenvalue weighted by molar-refractivity contribution is 6.02. The van der Waals surface area contributed by atoms with Crippen molar-refractivity contribution in [3.63, 3.8) is 0 Å². The number of carbonyl (C=O) groups excluding carboxylic acids is 1. The van der Waals surface area contributed by atoms with E-state index < -0.39 is 23.9 Å². The van der Waals surface area contributed by atoms with Crippen molar-refractivity contribution < 1.29 is 22.5 Å². The van der Waals surface area contributed by atoms with Crippen LogP contribution >= 0.6 is 0 Å². The molecule has 0 aliphatic rings. The smallest absolute Gasteiger partial charge is 0.355 e. The van der Waals surface area contributed by atoms with Crippen LogP contribution < -0.4 is 5.32 Å². The summed E-state index contributed by atoms with van der Waals surface area (Å²) in [6.45, 7) is 0. The van der Waals surface area contributed by atoms with Crippen molar-refractivity contribution in [1.82, 2.24) is 20.3 Å². The molecule has 3 aromatic rings. The first kappa shape index (κ1) is 14.8. The zero-order chi connectivity index (χ0) is 16.4. The average molecular weight is 323 g/mol. The van der Waals surface area contributed by atoms with Gasteiger partial charge in [-0.3, -0.25) is 15.2 Å². The fourth-order valence-electron chi connectivity index (χ4n) is 1.73. The molecular formula is C13H8F3N5O2. The van der Waals surface area contributed by atoms with Gasteiger partial charge in [0.25, 0.3) is 5.91 Å². The molecule has 0 spiro atoms. The van der Waals surface area contributed by atoms with E-state index in [1.807, 2.05) is 6.07 Å². The fourth-order valence-corrected chi connectivity index (χ4v) is 1.73. The topological polar surface area (TPSA) is 96.7 Å². The maximum atomic E-state index is 12.4. The normalized spacial score (nSPS) is 11.4. The molecule has 118 valence electrons. The Labute approximate surface area is 126 Å². The standard InChI is InChI=1S/C13H8F3N5O2/c14-13(15,16)11-18-12(20-19-11)17-10(22)8-6-9(23-21-8)7-4-2-1-3-5-7/h1-6H,(H2,17,18,19,20,22). The van der Waals surface area contributed by atoms with Gasteiger partial charge in [0.05, 0.1) is 0 Å². The predicted octanol–water partition coefficient (Wildman–Crippen LogP) is 2.73. The maximum absolute atomic E-state index is 12.4. The zero-order valence-corrected chi connectivity index (χ0v) is 11.3. The number of rotatable bonds is 3. The number of nitrogens with zero attached hydrogens (tertiary/aromatic N) is 3. The molecule has 2 N–H and O–H groups in total. The molecule has 7 nitrogen and oxygen atoms in total. The molecule has 0 saturated heterocycles. The molecule has 23 heavy (non-hydrogen) atoms. The molecule has 1 aromatic carbocycles. The van der Waals surface area contributed by atoms with Crippen molar-refractivity contribution in [3.8, 4) is 11.3 Å². The van der Waals surface area contributed by atoms with Gasteiger partial charge in [-0.1, -0.05) is 35.5 Å². The number of nitrogens with one attached hydrogen (secondary N) is 2. The zero-order valence-electron chi connectivity index (χ0n) is 11.3. The van der Waals surface area contributed by atoms with Gasteiger partial charge >= 0.3 is 6.18 Å². The van der Waals surface area contributed by atoms with E-state index in [0.717, 1.165) is 0 Å². The third-order valence-corrected chi connectivity index (χ3v) is 2.78. The Morgan fingerprint density at radius 2 is 1.96 bits per heavy atom. The van der Waals surface area contributed by atoms with Crippen LogP contribution in [0.2, 0.25) is 0 Å². The van der Waals surface area contributed by atoms with Gasteiger partial charge in [-0.2, -0.15) is 18.2 Å². The molecule has 10 heteroatoms. The average Bonchev–Trinajstić information content (AvgIpc) is 3.16. The van der Waals surface area contributed by atoms with E-state index in [9.17, 15) is 18.0 Å². The van der Waals surface area contributed by atoms with Crippen molar-refractivity contribution in [3.05, 3.63) is 47.9 Å². The summed E-state index contributed by atoms with van der Waals surface area (Å²) >= 11 is 0. The molecule has 0 fully saturated rings. The number of anilines is 1. The highest BCUT2D eigenvalue weighted by Gasteiger charge is 2.35. The number of hydrogen-bond acceptors (Lipinski definition) is 5. The van der Waals surface area contributed by atoms with Gasteiger partial charge in [0.2, 0.25) is 11.8 Å². The Kier molecular flexibility index (Phi) is 3.56. The number of halogens is 3. The van der Waals surface area contributed by atoms with Gasteiger partial charge in [0.1, 0.15) is 0 Å². The van der Waals surface area contributed by atoms with Crippen LogP contribution in [0.5, 0.6) is 0 Å². The number of H-pyrrole nitrogens is 1. The number of benzene rings is 1. The van der Waals surface area contributed by atoms with Crippen LogP contribution in [-0.4, -0.2) is 26.2 Å². The molecule has 0 saturated carbocycles. The van der Waals surface area contributed by atoms with Crippen LogP contribution in [0.15, 0.2) is 40.9 Å². The van der Waals surface area contributed by atoms with E-state index in [0.29, 0.717) is 11.3 Å². The lowest BCUT2D eigenvalue weighted by molar-refractivity contribution is -0.144. The highest BCUT2D eigenvalue weighted by Crippen LogP contribution is 2.26. The lowest BCUT2D eigenvalue weighted by Crippen LogP contribution is -2.13. The second-order valence-corrected chi connectivity index (χ2v) is 4.40. The largest absolute Gasteiger partial charge is 0.451 e. The number of hydrogen-bond donors (Lipinski definition) is 2. The van der Waals surface area contributed by atoms with E-state index >= 15 is 0 Å². The first-order valence-corrected chi connectivity index (χ1v) is 6.26. The molecule has 0 aliphatic carbocycles. The summed E-state index contributed by atoms with van der Waals surface area (Å²) in [6.07, 6.45) is -4.68. The molecule has 2 heterocycles. The Morgan fingerprint density at radius 3 is 2.61 bits per heavy atom. The van der Waals surface area contributed by atoms with E-state index in [2.05, 4.69) is 20.6 Å². The molecule has 3 rings (SSSR count). The fraction of sp³-hybridized carbons (Fsp3) is 0.0769. The number of carbonyl (C=O) groups is 1. The van der Waals surface area contributed by atoms with Crippen LogP contribution in [-0.2, 0) is 6.18 Å². The summed E-state index contributed by atoms with van der Waals surface area (Å²) < 4.78 is 42.2. The van der Waals surface area contributed by atoms with E-state index in [4.69, 9.17) is 4.52 Å². The van der Waals surface area contributed by atoms with Crippen LogP contribution in [0.1, 0.15) is 16.3 Å². The summed E-state index contributed by atoms with van der Waals surface area (Å²) in [5, 5.41) is 10.6. The van der Waals surface area contributed by atoms with Crippen molar-refractivity contribution in [2.75, 3.05) is 5.32 Å². The Balaban J connectivity index is 1.74. The molecule has 0 aliphatic heterocycles. The number of amides is 1. The summed E-state index contributed by atoms with van der Waals surface area (Å²) in [6, 6.07) is 10.3. The van der Waals surface area contributed by atoms with Gasteiger partial charge < -0.3 is 4.52 Å². The van der Waals surface area contributed by atoms with Crippen molar-refractivity contribution in [2.24, 2.45) is 0 Å². The molecule has 0 unspecified atom stereocenters. The Hall–Kier alpha value is -3.17. The summed E-state index contributed by atoms with van der Waals surface area (Å²) in [4.78, 5) is 15.0. The second kappa shape index (κ2) is 5.55. The summed E-state index contributed by atoms with van der Waals surface area (Å²) in [7, 11) is 0. The summed E-state index contributed by atoms with van der Waals surface area (Å²) in [5.41, 5.74) is 0.596. The Morgan fingerprint density at radius 1 is 1.22 bits per heavy atom. The lowest BCUT2D eigenvalue weighted by Gasteiger charge is -1.98. The molecular weight excluding hydrogens is 315 g/mol. The molecule has 2 aromatic heterocycles. The monoisotopic (exact) mass is 323 g/mol. The van der Waals surface area contributed by atoms with Gasteiger partial charge in [-0.25, -0.2) is 0 Å². The quantitative estimate of drug-likeness (QED) is 0.772. The van der Waals surface area contributed by atoms with E-state index in [1.165, 1.54) is 6.07 Å². The van der Waals surface area contributed by atoms with Gasteiger partial charge in [-0.05, 0) is 0 Å². The minimum absolute atomic E-state index is 0.109. The number of aromatic amines is 1. The van der Waals surface area contributed by atoms with Crippen LogP contribution in [0.25, 0.3) is 11.3 Å². The third-order valence-electron chi connectivity index (χ3n) is 2.78. The number of aromatic nitrogens is 4. The first-order chi connectivity index (χ1) is 10.9. The van der Waals surface area contributed by atoms with Crippen molar-refractivity contribution in [2.45, 2.75) is 6.18 Å². The van der Waals surface area contributed by atoms with Gasteiger partial charge in [0, 0.05) is 11.6 Å². The highest BCUT2D eigenvalue weighted by atomic mass is 19.4. The first-order valence-electron chi connectivity index (χ1n) is 6.26. The van der Waals surface area contributed by atoms with Crippen LogP contribution in [0.4, 0.5) is 19.1 Å². The number of alkyl halides is 3. The predicted molar refractivity (Wildman–Crippen MR) is 71.3 cm³/mol.